The summed E-state index contributed by atoms with van der Waals surface area (Å²) in [5.74, 6) is 1.67. The van der Waals surface area contributed by atoms with E-state index in [1.807, 2.05) is 6.92 Å². The highest BCUT2D eigenvalue weighted by Crippen LogP contribution is 2.30. The first-order valence-electron chi connectivity index (χ1n) is 6.66. The summed E-state index contributed by atoms with van der Waals surface area (Å²) >= 11 is 0. The molecule has 0 radical (unpaired) electrons. The molecule has 92 valence electrons. The second-order valence-electron chi connectivity index (χ2n) is 5.69. The Morgan fingerprint density at radius 2 is 2.12 bits per heavy atom. The van der Waals surface area contributed by atoms with E-state index in [0.717, 1.165) is 12.5 Å². The Morgan fingerprint density at radius 3 is 2.62 bits per heavy atom. The van der Waals surface area contributed by atoms with Crippen molar-refractivity contribution < 1.29 is 4.79 Å². The Hall–Kier alpha value is -0.570. The Balaban J connectivity index is 1.90. The maximum absolute atomic E-state index is 12.0. The van der Waals surface area contributed by atoms with Crippen LogP contribution in [0.15, 0.2) is 0 Å². The lowest BCUT2D eigenvalue weighted by molar-refractivity contribution is -0.130. The van der Waals surface area contributed by atoms with Gasteiger partial charge < -0.3 is 4.90 Å². The van der Waals surface area contributed by atoms with Gasteiger partial charge in [0.2, 0.25) is 5.91 Å². The second kappa shape index (κ2) is 4.74. The molecule has 0 aromatic heterocycles. The molecule has 0 aromatic carbocycles. The zero-order chi connectivity index (χ0) is 11.7. The van der Waals surface area contributed by atoms with E-state index in [-0.39, 0.29) is 18.1 Å². The minimum atomic E-state index is 0.00814. The Labute approximate surface area is 98.6 Å². The Kier molecular flexibility index (Phi) is 3.53. The number of nitrogens with one attached hydrogen (secondary N) is 1. The van der Waals surface area contributed by atoms with Crippen molar-refractivity contribution in [3.05, 3.63) is 0 Å². The maximum atomic E-state index is 12.0. The zero-order valence-corrected chi connectivity index (χ0v) is 10.7. The number of carbonyl (C=O) groups is 1. The fourth-order valence-electron chi connectivity index (χ4n) is 2.71. The molecule has 1 saturated heterocycles. The smallest absolute Gasteiger partial charge is 0.240 e. The standard InChI is InChI=1S/C13H24N2O/c1-9(2)12-14-10(3)13(16)15(12)8-7-11-5-4-6-11/h9-12,14H,4-8H2,1-3H3. The van der Waals surface area contributed by atoms with Gasteiger partial charge in [0.05, 0.1) is 12.2 Å². The number of carbonyl (C=O) groups excluding carboxylic acids is 1. The monoisotopic (exact) mass is 224 g/mol. The van der Waals surface area contributed by atoms with Crippen molar-refractivity contribution in [1.82, 2.24) is 10.2 Å². The van der Waals surface area contributed by atoms with Gasteiger partial charge in [-0.25, -0.2) is 0 Å². The summed E-state index contributed by atoms with van der Waals surface area (Å²) in [4.78, 5) is 14.1. The molecule has 3 nitrogen and oxygen atoms in total. The molecule has 1 aliphatic heterocycles. The summed E-state index contributed by atoms with van der Waals surface area (Å²) in [7, 11) is 0. The third-order valence-electron chi connectivity index (χ3n) is 4.04. The maximum Gasteiger partial charge on any atom is 0.240 e. The molecule has 1 heterocycles. The highest BCUT2D eigenvalue weighted by molar-refractivity contribution is 5.83. The molecule has 2 fully saturated rings. The van der Waals surface area contributed by atoms with E-state index in [0.29, 0.717) is 5.92 Å². The topological polar surface area (TPSA) is 32.3 Å². The van der Waals surface area contributed by atoms with Gasteiger partial charge >= 0.3 is 0 Å². The van der Waals surface area contributed by atoms with Gasteiger partial charge in [-0.1, -0.05) is 33.1 Å². The molecule has 1 N–H and O–H groups in total. The van der Waals surface area contributed by atoms with Gasteiger partial charge in [-0.3, -0.25) is 10.1 Å². The third kappa shape index (κ3) is 2.24. The summed E-state index contributed by atoms with van der Waals surface area (Å²) in [6.07, 6.45) is 5.58. The van der Waals surface area contributed by atoms with E-state index in [9.17, 15) is 4.79 Å². The molecule has 1 aliphatic carbocycles. The summed E-state index contributed by atoms with van der Waals surface area (Å²) in [5.41, 5.74) is 0. The van der Waals surface area contributed by atoms with Crippen LogP contribution in [0.3, 0.4) is 0 Å². The average molecular weight is 224 g/mol. The van der Waals surface area contributed by atoms with Crippen LogP contribution >= 0.6 is 0 Å². The average Bonchev–Trinajstić information content (AvgIpc) is 2.43. The van der Waals surface area contributed by atoms with Crippen molar-refractivity contribution in [3.8, 4) is 0 Å². The van der Waals surface area contributed by atoms with Crippen LogP contribution in [0.2, 0.25) is 0 Å². The molecule has 2 rings (SSSR count). The highest BCUT2D eigenvalue weighted by Gasteiger charge is 2.37. The Morgan fingerprint density at radius 1 is 1.44 bits per heavy atom. The first-order chi connectivity index (χ1) is 7.59. The van der Waals surface area contributed by atoms with Crippen molar-refractivity contribution in [2.45, 2.75) is 58.7 Å². The van der Waals surface area contributed by atoms with E-state index in [2.05, 4.69) is 24.1 Å². The van der Waals surface area contributed by atoms with E-state index in [1.54, 1.807) is 0 Å². The van der Waals surface area contributed by atoms with Crippen LogP contribution in [0.1, 0.15) is 46.5 Å². The minimum absolute atomic E-state index is 0.00814. The number of nitrogens with zero attached hydrogens (tertiary/aromatic N) is 1. The van der Waals surface area contributed by atoms with Gasteiger partial charge in [0.15, 0.2) is 0 Å². The van der Waals surface area contributed by atoms with E-state index in [1.165, 1.54) is 25.7 Å². The summed E-state index contributed by atoms with van der Waals surface area (Å²) < 4.78 is 0. The van der Waals surface area contributed by atoms with Gasteiger partial charge in [0.1, 0.15) is 0 Å². The van der Waals surface area contributed by atoms with Crippen LogP contribution in [0, 0.1) is 11.8 Å². The SMILES string of the molecule is CC1NC(C(C)C)N(CCC2CCC2)C1=O. The lowest BCUT2D eigenvalue weighted by Gasteiger charge is -2.31. The van der Waals surface area contributed by atoms with Crippen LogP contribution in [0.25, 0.3) is 0 Å². The molecule has 16 heavy (non-hydrogen) atoms. The van der Waals surface area contributed by atoms with Gasteiger partial charge in [-0.2, -0.15) is 0 Å². The van der Waals surface area contributed by atoms with Gasteiger partial charge in [0, 0.05) is 6.54 Å². The number of hydrogen-bond acceptors (Lipinski definition) is 2. The van der Waals surface area contributed by atoms with Gasteiger partial charge in [-0.15, -0.1) is 0 Å². The number of hydrogen-bond donors (Lipinski definition) is 1. The third-order valence-corrected chi connectivity index (χ3v) is 4.04. The lowest BCUT2D eigenvalue weighted by Crippen LogP contribution is -2.42. The predicted octanol–water partition coefficient (Wildman–Crippen LogP) is 1.98. The summed E-state index contributed by atoms with van der Waals surface area (Å²) in [6, 6.07) is 0.00814. The fraction of sp³-hybridized carbons (Fsp3) is 0.923. The van der Waals surface area contributed by atoms with Crippen molar-refractivity contribution in [3.63, 3.8) is 0 Å². The molecule has 1 amide bonds. The fourth-order valence-corrected chi connectivity index (χ4v) is 2.71. The number of rotatable bonds is 4. The van der Waals surface area contributed by atoms with Crippen LogP contribution in [0.5, 0.6) is 0 Å². The van der Waals surface area contributed by atoms with Gasteiger partial charge in [-0.05, 0) is 25.2 Å². The molecule has 1 saturated carbocycles. The van der Waals surface area contributed by atoms with Crippen molar-refractivity contribution >= 4 is 5.91 Å². The van der Waals surface area contributed by atoms with E-state index < -0.39 is 0 Å². The zero-order valence-electron chi connectivity index (χ0n) is 10.7. The molecular weight excluding hydrogens is 200 g/mol. The highest BCUT2D eigenvalue weighted by atomic mass is 16.2. The van der Waals surface area contributed by atoms with Crippen LogP contribution in [0.4, 0.5) is 0 Å². The summed E-state index contributed by atoms with van der Waals surface area (Å²) in [6.45, 7) is 7.28. The molecular formula is C13H24N2O. The Bertz CT molecular complexity index is 261. The van der Waals surface area contributed by atoms with Crippen LogP contribution in [-0.2, 0) is 4.79 Å². The molecule has 2 unspecified atom stereocenters. The van der Waals surface area contributed by atoms with E-state index in [4.69, 9.17) is 0 Å². The van der Waals surface area contributed by atoms with Crippen molar-refractivity contribution in [2.24, 2.45) is 11.8 Å². The summed E-state index contributed by atoms with van der Waals surface area (Å²) in [5, 5.41) is 3.39. The molecule has 3 heteroatoms. The number of amides is 1. The minimum Gasteiger partial charge on any atom is -0.326 e. The lowest BCUT2D eigenvalue weighted by atomic mass is 9.83. The van der Waals surface area contributed by atoms with Crippen molar-refractivity contribution in [1.29, 1.82) is 0 Å². The first-order valence-corrected chi connectivity index (χ1v) is 6.66. The molecule has 0 aromatic rings. The van der Waals surface area contributed by atoms with Crippen LogP contribution < -0.4 is 5.32 Å². The predicted molar refractivity (Wildman–Crippen MR) is 64.9 cm³/mol. The molecule has 0 bridgehead atoms. The normalized spacial score (nSPS) is 31.2. The van der Waals surface area contributed by atoms with E-state index >= 15 is 0 Å². The van der Waals surface area contributed by atoms with Crippen LogP contribution in [-0.4, -0.2) is 29.6 Å². The van der Waals surface area contributed by atoms with Gasteiger partial charge in [0.25, 0.3) is 0 Å². The quantitative estimate of drug-likeness (QED) is 0.792. The molecule has 2 aliphatic rings. The largest absolute Gasteiger partial charge is 0.326 e. The second-order valence-corrected chi connectivity index (χ2v) is 5.69. The van der Waals surface area contributed by atoms with Crippen molar-refractivity contribution in [2.75, 3.05) is 6.54 Å². The first kappa shape index (κ1) is 11.9. The molecule has 2 atom stereocenters. The molecule has 0 spiro atoms.